The molecule has 4 nitrogen and oxygen atoms in total. The van der Waals surface area contributed by atoms with Crippen LogP contribution in [-0.2, 0) is 16.0 Å². The van der Waals surface area contributed by atoms with Crippen molar-refractivity contribution in [2.75, 3.05) is 26.8 Å². The van der Waals surface area contributed by atoms with Gasteiger partial charge in [0.2, 0.25) is 5.91 Å². The number of likely N-dealkylation sites (N-methyl/N-ethyl adjacent to an activating group) is 1. The number of hydrogen-bond acceptors (Lipinski definition) is 3. The molecule has 1 amide bonds. The minimum Gasteiger partial charge on any atom is -0.371 e. The van der Waals surface area contributed by atoms with Crippen molar-refractivity contribution in [3.63, 3.8) is 0 Å². The lowest BCUT2D eigenvalue weighted by Crippen LogP contribution is -2.36. The van der Waals surface area contributed by atoms with E-state index in [1.165, 1.54) is 5.56 Å². The first-order valence-corrected chi connectivity index (χ1v) is 7.62. The normalized spacial score (nSPS) is 11.9. The summed E-state index contributed by atoms with van der Waals surface area (Å²) in [5.74, 6) is 0.453. The van der Waals surface area contributed by atoms with E-state index in [0.29, 0.717) is 19.1 Å². The molecule has 0 aliphatic rings. The average molecular weight is 329 g/mol. The Morgan fingerprint density at radius 1 is 1.27 bits per heavy atom. The van der Waals surface area contributed by atoms with Crippen LogP contribution in [0.15, 0.2) is 30.3 Å². The third-order valence-corrected chi connectivity index (χ3v) is 3.68. The lowest BCUT2D eigenvalue weighted by molar-refractivity contribution is -0.134. The summed E-state index contributed by atoms with van der Waals surface area (Å²) in [7, 11) is 1.80. The third-order valence-electron chi connectivity index (χ3n) is 3.68. The Balaban J connectivity index is 0.00000441. The summed E-state index contributed by atoms with van der Waals surface area (Å²) in [6, 6.07) is 10.3. The number of benzene rings is 1. The van der Waals surface area contributed by atoms with Crippen molar-refractivity contribution < 1.29 is 9.53 Å². The first-order valence-electron chi connectivity index (χ1n) is 7.62. The molecule has 0 bridgehead atoms. The molecule has 0 saturated carbocycles. The van der Waals surface area contributed by atoms with Crippen LogP contribution in [0.4, 0.5) is 0 Å². The molecule has 0 aliphatic heterocycles. The number of hydrogen-bond donors (Lipinski definition) is 1. The Hall–Kier alpha value is -1.10. The molecule has 1 rings (SSSR count). The highest BCUT2D eigenvalue weighted by molar-refractivity contribution is 5.85. The van der Waals surface area contributed by atoms with Gasteiger partial charge in [-0.05, 0) is 24.3 Å². The minimum atomic E-state index is 0. The maximum Gasteiger partial charge on any atom is 0.248 e. The molecule has 1 aromatic carbocycles. The predicted molar refractivity (Wildman–Crippen MR) is 93.3 cm³/mol. The van der Waals surface area contributed by atoms with Crippen molar-refractivity contribution in [1.82, 2.24) is 4.90 Å². The Labute approximate surface area is 140 Å². The quantitative estimate of drug-likeness (QED) is 0.709. The number of ether oxygens (including phenoxy) is 1. The van der Waals surface area contributed by atoms with Gasteiger partial charge < -0.3 is 15.4 Å². The van der Waals surface area contributed by atoms with Crippen molar-refractivity contribution in [1.29, 1.82) is 0 Å². The van der Waals surface area contributed by atoms with Crippen LogP contribution in [0.1, 0.15) is 25.8 Å². The average Bonchev–Trinajstić information content (AvgIpc) is 2.49. The summed E-state index contributed by atoms with van der Waals surface area (Å²) in [6.07, 6.45) is 1.65. The lowest BCUT2D eigenvalue weighted by atomic mass is 10.0. The van der Waals surface area contributed by atoms with Crippen LogP contribution in [0.25, 0.3) is 0 Å². The van der Waals surface area contributed by atoms with Crippen LogP contribution in [0.3, 0.4) is 0 Å². The fourth-order valence-corrected chi connectivity index (χ4v) is 1.91. The second-order valence-corrected chi connectivity index (χ2v) is 5.80. The Bertz CT molecular complexity index is 412. The number of carbonyl (C=O) groups excluding carboxylic acids is 1. The van der Waals surface area contributed by atoms with Gasteiger partial charge in [0.15, 0.2) is 0 Å². The fourth-order valence-electron chi connectivity index (χ4n) is 1.91. The molecule has 126 valence electrons. The van der Waals surface area contributed by atoms with Gasteiger partial charge in [-0.15, -0.1) is 12.4 Å². The van der Waals surface area contributed by atoms with E-state index < -0.39 is 0 Å². The maximum absolute atomic E-state index is 11.9. The molecule has 0 heterocycles. The predicted octanol–water partition coefficient (Wildman–Crippen LogP) is 2.50. The second kappa shape index (κ2) is 11.5. The largest absolute Gasteiger partial charge is 0.371 e. The zero-order valence-corrected chi connectivity index (χ0v) is 14.6. The number of carbonyl (C=O) groups is 1. The highest BCUT2D eigenvalue weighted by Gasteiger charge is 2.12. The number of nitrogens with two attached hydrogens (primary N) is 1. The van der Waals surface area contributed by atoms with E-state index in [-0.39, 0.29) is 31.0 Å². The van der Waals surface area contributed by atoms with Crippen molar-refractivity contribution in [2.24, 2.45) is 11.7 Å². The van der Waals surface area contributed by atoms with Crippen LogP contribution in [0.5, 0.6) is 0 Å². The molecule has 0 fully saturated rings. The van der Waals surface area contributed by atoms with Crippen molar-refractivity contribution in [2.45, 2.75) is 32.7 Å². The summed E-state index contributed by atoms with van der Waals surface area (Å²) >= 11 is 0. The molecule has 0 aromatic heterocycles. The van der Waals surface area contributed by atoms with E-state index in [2.05, 4.69) is 26.0 Å². The standard InChI is InChI=1S/C17H28N2O2.ClH/c1-14(2)16(18)9-11-19(3)17(20)13-21-12-10-15-7-5-4-6-8-15;/h4-8,14,16H,9-13,18H2,1-3H3;1H. The van der Waals surface area contributed by atoms with Crippen LogP contribution >= 0.6 is 12.4 Å². The monoisotopic (exact) mass is 328 g/mol. The van der Waals surface area contributed by atoms with Crippen LogP contribution < -0.4 is 5.73 Å². The van der Waals surface area contributed by atoms with Gasteiger partial charge >= 0.3 is 0 Å². The zero-order chi connectivity index (χ0) is 15.7. The number of halogens is 1. The van der Waals surface area contributed by atoms with Crippen LogP contribution in [0.2, 0.25) is 0 Å². The van der Waals surface area contributed by atoms with E-state index in [1.807, 2.05) is 18.2 Å². The first-order chi connectivity index (χ1) is 10.0. The Morgan fingerprint density at radius 3 is 2.50 bits per heavy atom. The molecular formula is C17H29ClN2O2. The highest BCUT2D eigenvalue weighted by atomic mass is 35.5. The van der Waals surface area contributed by atoms with Gasteiger partial charge in [-0.1, -0.05) is 44.2 Å². The zero-order valence-electron chi connectivity index (χ0n) is 13.8. The smallest absolute Gasteiger partial charge is 0.248 e. The highest BCUT2D eigenvalue weighted by Crippen LogP contribution is 2.04. The molecule has 1 atom stereocenters. The van der Waals surface area contributed by atoms with E-state index in [9.17, 15) is 4.79 Å². The van der Waals surface area contributed by atoms with Gasteiger partial charge in [0.25, 0.3) is 0 Å². The SMILES string of the molecule is CC(C)C(N)CCN(C)C(=O)COCCc1ccccc1.Cl. The molecule has 0 spiro atoms. The Morgan fingerprint density at radius 2 is 1.91 bits per heavy atom. The van der Waals surface area contributed by atoms with Crippen molar-refractivity contribution in [3.05, 3.63) is 35.9 Å². The number of nitrogens with zero attached hydrogens (tertiary/aromatic N) is 1. The summed E-state index contributed by atoms with van der Waals surface area (Å²) in [5.41, 5.74) is 7.21. The van der Waals surface area contributed by atoms with Gasteiger partial charge in [0.05, 0.1) is 6.61 Å². The number of rotatable bonds is 9. The summed E-state index contributed by atoms with van der Waals surface area (Å²) < 4.78 is 5.45. The van der Waals surface area contributed by atoms with Gasteiger partial charge in [-0.3, -0.25) is 4.79 Å². The molecule has 5 heteroatoms. The second-order valence-electron chi connectivity index (χ2n) is 5.80. The fraction of sp³-hybridized carbons (Fsp3) is 0.588. The third kappa shape index (κ3) is 8.37. The summed E-state index contributed by atoms with van der Waals surface area (Å²) in [4.78, 5) is 13.6. The molecule has 0 aliphatic carbocycles. The van der Waals surface area contributed by atoms with E-state index in [0.717, 1.165) is 12.8 Å². The molecule has 0 radical (unpaired) electrons. The van der Waals surface area contributed by atoms with Gasteiger partial charge in [0, 0.05) is 19.6 Å². The lowest BCUT2D eigenvalue weighted by Gasteiger charge is -2.21. The van der Waals surface area contributed by atoms with E-state index in [4.69, 9.17) is 10.5 Å². The van der Waals surface area contributed by atoms with Crippen LogP contribution in [-0.4, -0.2) is 43.7 Å². The maximum atomic E-state index is 11.9. The topological polar surface area (TPSA) is 55.6 Å². The molecule has 2 N–H and O–H groups in total. The minimum absolute atomic E-state index is 0. The van der Waals surface area contributed by atoms with E-state index >= 15 is 0 Å². The van der Waals surface area contributed by atoms with Gasteiger partial charge in [-0.2, -0.15) is 0 Å². The summed E-state index contributed by atoms with van der Waals surface area (Å²) in [6.45, 7) is 5.58. The molecule has 22 heavy (non-hydrogen) atoms. The Kier molecular flexibility index (Phi) is 10.9. The molecule has 1 aromatic rings. The van der Waals surface area contributed by atoms with E-state index in [1.54, 1.807) is 11.9 Å². The van der Waals surface area contributed by atoms with Crippen LogP contribution in [0, 0.1) is 5.92 Å². The molecule has 0 saturated heterocycles. The molecular weight excluding hydrogens is 300 g/mol. The number of amides is 1. The van der Waals surface area contributed by atoms with Gasteiger partial charge in [-0.25, -0.2) is 0 Å². The first kappa shape index (κ1) is 20.9. The van der Waals surface area contributed by atoms with Crippen molar-refractivity contribution in [3.8, 4) is 0 Å². The summed E-state index contributed by atoms with van der Waals surface area (Å²) in [5, 5.41) is 0. The van der Waals surface area contributed by atoms with Gasteiger partial charge in [0.1, 0.15) is 6.61 Å². The van der Waals surface area contributed by atoms with Crippen molar-refractivity contribution >= 4 is 18.3 Å². The molecule has 1 unspecified atom stereocenters.